The SMILES string of the molecule is CO[C@@]1(NC(=O)CCCC(N)CC(=O)O)C(=O)N2C(C(=O)O)=C(COC(=O)CC(C)=O)CSC21. The fourth-order valence-electron chi connectivity index (χ4n) is 3.60. The lowest BCUT2D eigenvalue weighted by Gasteiger charge is -2.55. The molecule has 14 heteroatoms. The van der Waals surface area contributed by atoms with E-state index in [0.717, 1.165) is 16.7 Å². The molecule has 3 atom stereocenters. The number of aliphatic carboxylic acids is 2. The van der Waals surface area contributed by atoms with Gasteiger partial charge in [0.1, 0.15) is 29.9 Å². The van der Waals surface area contributed by atoms with Crippen LogP contribution in [-0.4, -0.2) is 87.2 Å². The lowest BCUT2D eigenvalue weighted by Crippen LogP contribution is -2.80. The van der Waals surface area contributed by atoms with E-state index in [9.17, 15) is 33.9 Å². The number of nitrogens with zero attached hydrogens (tertiary/aromatic N) is 1. The number of carboxylic acid groups (broad SMARTS) is 2. The number of carbonyl (C=O) groups is 6. The molecule has 5 N–H and O–H groups in total. The van der Waals surface area contributed by atoms with Crippen molar-refractivity contribution in [2.75, 3.05) is 19.5 Å². The highest BCUT2D eigenvalue weighted by Crippen LogP contribution is 2.46. The molecule has 188 valence electrons. The number of hydrogen-bond donors (Lipinski definition) is 4. The number of carbonyl (C=O) groups excluding carboxylic acids is 4. The summed E-state index contributed by atoms with van der Waals surface area (Å²) >= 11 is 1.12. The fourth-order valence-corrected chi connectivity index (χ4v) is 5.02. The quantitative estimate of drug-likeness (QED) is 0.106. The summed E-state index contributed by atoms with van der Waals surface area (Å²) in [7, 11) is 1.21. The number of amides is 2. The summed E-state index contributed by atoms with van der Waals surface area (Å²) in [6.07, 6.45) is -0.149. The van der Waals surface area contributed by atoms with Crippen molar-refractivity contribution in [1.29, 1.82) is 0 Å². The number of β-lactam (4-membered cyclic amide) rings is 1. The van der Waals surface area contributed by atoms with Gasteiger partial charge >= 0.3 is 17.9 Å². The van der Waals surface area contributed by atoms with Gasteiger partial charge in [0.2, 0.25) is 5.91 Å². The number of fused-ring (bicyclic) bond motifs is 1. The summed E-state index contributed by atoms with van der Waals surface area (Å²) in [5, 5.41) is 20.1. The van der Waals surface area contributed by atoms with Crippen LogP contribution in [0.2, 0.25) is 0 Å². The van der Waals surface area contributed by atoms with E-state index in [4.69, 9.17) is 20.3 Å². The van der Waals surface area contributed by atoms with E-state index in [2.05, 4.69) is 5.32 Å². The summed E-state index contributed by atoms with van der Waals surface area (Å²) in [6, 6.07) is -0.609. The molecule has 2 heterocycles. The number of Topliss-reactive ketones (excluding diaryl/α,β-unsaturated/α-hetero) is 1. The van der Waals surface area contributed by atoms with Crippen LogP contribution in [0.5, 0.6) is 0 Å². The minimum atomic E-state index is -1.78. The van der Waals surface area contributed by atoms with Crippen molar-refractivity contribution in [3.05, 3.63) is 11.3 Å². The molecule has 0 aromatic rings. The molecule has 0 saturated carbocycles. The number of carboxylic acids is 2. The molecule has 34 heavy (non-hydrogen) atoms. The molecule has 2 unspecified atom stereocenters. The van der Waals surface area contributed by atoms with E-state index in [0.29, 0.717) is 0 Å². The van der Waals surface area contributed by atoms with Gasteiger partial charge in [-0.2, -0.15) is 0 Å². The van der Waals surface area contributed by atoms with Crippen LogP contribution in [0, 0.1) is 0 Å². The van der Waals surface area contributed by atoms with E-state index in [1.54, 1.807) is 0 Å². The maximum absolute atomic E-state index is 13.0. The maximum Gasteiger partial charge on any atom is 0.352 e. The van der Waals surface area contributed by atoms with Crippen molar-refractivity contribution in [2.45, 2.75) is 56.2 Å². The number of thioether (sulfide) groups is 1. The molecule has 2 amide bonds. The van der Waals surface area contributed by atoms with Crippen LogP contribution < -0.4 is 11.1 Å². The van der Waals surface area contributed by atoms with E-state index in [1.807, 2.05) is 0 Å². The summed E-state index contributed by atoms with van der Waals surface area (Å²) in [6.45, 7) is 0.812. The van der Waals surface area contributed by atoms with Gasteiger partial charge in [0.05, 0.1) is 6.42 Å². The lowest BCUT2D eigenvalue weighted by atomic mass is 9.97. The van der Waals surface area contributed by atoms with Gasteiger partial charge in [-0.15, -0.1) is 11.8 Å². The van der Waals surface area contributed by atoms with Gasteiger partial charge in [0, 0.05) is 30.9 Å². The third kappa shape index (κ3) is 6.12. The first-order valence-corrected chi connectivity index (χ1v) is 11.4. The number of rotatable bonds is 13. The average Bonchev–Trinajstić information content (AvgIpc) is 2.73. The number of ketones is 1. The number of ether oxygens (including phenoxy) is 2. The van der Waals surface area contributed by atoms with Crippen LogP contribution in [-0.2, 0) is 38.2 Å². The van der Waals surface area contributed by atoms with Crippen molar-refractivity contribution in [1.82, 2.24) is 10.2 Å². The summed E-state index contributed by atoms with van der Waals surface area (Å²) < 4.78 is 10.3. The predicted molar refractivity (Wildman–Crippen MR) is 116 cm³/mol. The second kappa shape index (κ2) is 11.4. The van der Waals surface area contributed by atoms with Gasteiger partial charge in [-0.3, -0.25) is 28.9 Å². The molecule has 0 aromatic carbocycles. The predicted octanol–water partition coefficient (Wildman–Crippen LogP) is -0.806. The Morgan fingerprint density at radius 3 is 2.53 bits per heavy atom. The monoisotopic (exact) mass is 501 g/mol. The first-order chi connectivity index (χ1) is 15.9. The summed E-state index contributed by atoms with van der Waals surface area (Å²) in [5.41, 5.74) is 3.70. The Bertz CT molecular complexity index is 920. The number of nitrogens with two attached hydrogens (primary N) is 1. The van der Waals surface area contributed by atoms with Crippen LogP contribution in [0.1, 0.15) is 39.0 Å². The first-order valence-electron chi connectivity index (χ1n) is 10.3. The van der Waals surface area contributed by atoms with E-state index in [1.165, 1.54) is 14.0 Å². The molecule has 2 aliphatic rings. The van der Waals surface area contributed by atoms with Crippen LogP contribution in [0.15, 0.2) is 11.3 Å². The minimum Gasteiger partial charge on any atom is -0.481 e. The molecule has 1 fully saturated rings. The molecule has 0 bridgehead atoms. The topological polar surface area (TPSA) is 203 Å². The van der Waals surface area contributed by atoms with Crippen LogP contribution in [0.25, 0.3) is 0 Å². The van der Waals surface area contributed by atoms with Gasteiger partial charge in [0.15, 0.2) is 0 Å². The second-order valence-electron chi connectivity index (χ2n) is 7.87. The van der Waals surface area contributed by atoms with Gasteiger partial charge < -0.3 is 30.7 Å². The van der Waals surface area contributed by atoms with Crippen molar-refractivity contribution in [3.63, 3.8) is 0 Å². The van der Waals surface area contributed by atoms with E-state index in [-0.39, 0.29) is 42.7 Å². The zero-order valence-electron chi connectivity index (χ0n) is 18.7. The van der Waals surface area contributed by atoms with Crippen molar-refractivity contribution in [2.24, 2.45) is 5.73 Å². The zero-order valence-corrected chi connectivity index (χ0v) is 19.5. The van der Waals surface area contributed by atoms with E-state index >= 15 is 0 Å². The molecule has 1 saturated heterocycles. The van der Waals surface area contributed by atoms with Crippen LogP contribution in [0.4, 0.5) is 0 Å². The number of hydrogen-bond acceptors (Lipinski definition) is 10. The fraction of sp³-hybridized carbons (Fsp3) is 0.600. The third-order valence-corrected chi connectivity index (χ3v) is 6.55. The first kappa shape index (κ1) is 27.3. The zero-order chi connectivity index (χ0) is 25.6. The highest BCUT2D eigenvalue weighted by molar-refractivity contribution is 8.00. The Balaban J connectivity index is 2.06. The Labute approximate surface area is 199 Å². The van der Waals surface area contributed by atoms with Gasteiger partial charge in [-0.1, -0.05) is 0 Å². The highest BCUT2D eigenvalue weighted by atomic mass is 32.2. The highest BCUT2D eigenvalue weighted by Gasteiger charge is 2.66. The molecule has 2 aliphatic heterocycles. The molecular formula is C20H27N3O10S. The van der Waals surface area contributed by atoms with Crippen molar-refractivity contribution < 1.29 is 48.5 Å². The normalized spacial score (nSPS) is 22.4. The Morgan fingerprint density at radius 2 is 1.97 bits per heavy atom. The maximum atomic E-state index is 13.0. The summed E-state index contributed by atoms with van der Waals surface area (Å²) in [5.74, 6) is -4.93. The van der Waals surface area contributed by atoms with Gasteiger partial charge in [-0.25, -0.2) is 4.79 Å². The number of nitrogens with one attached hydrogen (secondary N) is 1. The lowest BCUT2D eigenvalue weighted by molar-refractivity contribution is -0.192. The standard InChI is InChI=1S/C20H27N3O10S/c1-10(24)6-15(28)33-8-11-9-34-19-20(32-2,18(31)23(19)16(11)17(29)30)22-13(25)5-3-4-12(21)7-14(26)27/h12,19H,3-9,21H2,1-2H3,(H,22,25)(H,26,27)(H,29,30)/t12?,19?,20-/m0/s1. The molecule has 13 nitrogen and oxygen atoms in total. The van der Waals surface area contributed by atoms with Crippen LogP contribution in [0.3, 0.4) is 0 Å². The van der Waals surface area contributed by atoms with Crippen LogP contribution >= 0.6 is 11.8 Å². The summed E-state index contributed by atoms with van der Waals surface area (Å²) in [4.78, 5) is 71.6. The van der Waals surface area contributed by atoms with Gasteiger partial charge in [0.25, 0.3) is 11.6 Å². The van der Waals surface area contributed by atoms with E-state index < -0.39 is 65.7 Å². The Kier molecular flexibility index (Phi) is 9.18. The Morgan fingerprint density at radius 1 is 1.29 bits per heavy atom. The average molecular weight is 502 g/mol. The second-order valence-corrected chi connectivity index (χ2v) is 8.94. The Hall–Kier alpha value is -2.97. The molecule has 0 aliphatic carbocycles. The molecule has 0 spiro atoms. The van der Waals surface area contributed by atoms with Crippen molar-refractivity contribution >= 4 is 47.3 Å². The van der Waals surface area contributed by atoms with Gasteiger partial charge in [-0.05, 0) is 19.8 Å². The number of esters is 1. The minimum absolute atomic E-state index is 0.0396. The smallest absolute Gasteiger partial charge is 0.352 e. The van der Waals surface area contributed by atoms with Crippen molar-refractivity contribution in [3.8, 4) is 0 Å². The largest absolute Gasteiger partial charge is 0.481 e. The molecule has 0 radical (unpaired) electrons. The third-order valence-electron chi connectivity index (χ3n) is 5.18. The molecular weight excluding hydrogens is 474 g/mol. The molecule has 2 rings (SSSR count). The molecule has 0 aromatic heterocycles. The number of methoxy groups -OCH3 is 1.